The van der Waals surface area contributed by atoms with Gasteiger partial charge in [-0.25, -0.2) is 4.79 Å². The fourth-order valence-electron chi connectivity index (χ4n) is 2.91. The predicted molar refractivity (Wildman–Crippen MR) is 73.4 cm³/mol. The second-order valence-electron chi connectivity index (χ2n) is 5.44. The molecule has 0 aromatic carbocycles. The summed E-state index contributed by atoms with van der Waals surface area (Å²) in [5, 5.41) is 0. The van der Waals surface area contributed by atoms with Crippen LogP contribution in [0, 0.1) is 23.7 Å². The molecule has 0 aromatic rings. The number of rotatable bonds is 4. The summed E-state index contributed by atoms with van der Waals surface area (Å²) in [4.78, 5) is 10.9. The van der Waals surface area contributed by atoms with E-state index in [1.807, 2.05) is 0 Å². The summed E-state index contributed by atoms with van der Waals surface area (Å²) in [5.74, 6) is 5.78. The first kappa shape index (κ1) is 14.1. The molecule has 2 atom stereocenters. The van der Waals surface area contributed by atoms with E-state index in [9.17, 15) is 4.79 Å². The van der Waals surface area contributed by atoms with Crippen LogP contribution in [-0.2, 0) is 14.3 Å². The summed E-state index contributed by atoms with van der Waals surface area (Å²) in [5.41, 5.74) is 1.30. The minimum atomic E-state index is -0.506. The zero-order chi connectivity index (χ0) is 13.7. The maximum Gasteiger partial charge on any atom is 0.384 e. The van der Waals surface area contributed by atoms with Crippen LogP contribution in [0.15, 0.2) is 12.2 Å². The van der Waals surface area contributed by atoms with Crippen molar-refractivity contribution in [1.82, 2.24) is 0 Å². The highest BCUT2D eigenvalue weighted by molar-refractivity contribution is 5.88. The Bertz CT molecular complexity index is 396. The molecule has 104 valence electrons. The van der Waals surface area contributed by atoms with Gasteiger partial charge < -0.3 is 9.47 Å². The van der Waals surface area contributed by atoms with Crippen molar-refractivity contribution in [3.63, 3.8) is 0 Å². The van der Waals surface area contributed by atoms with Gasteiger partial charge in [-0.05, 0) is 25.2 Å². The van der Waals surface area contributed by atoms with Crippen molar-refractivity contribution >= 4 is 5.97 Å². The minimum Gasteiger partial charge on any atom is -0.459 e. The molecule has 2 aliphatic rings. The monoisotopic (exact) mass is 262 g/mol. The van der Waals surface area contributed by atoms with E-state index in [0.29, 0.717) is 18.4 Å². The number of ether oxygens (including phenoxy) is 2. The molecule has 0 spiro atoms. The fourth-order valence-corrected chi connectivity index (χ4v) is 2.91. The Labute approximate surface area is 115 Å². The van der Waals surface area contributed by atoms with Gasteiger partial charge in [-0.3, -0.25) is 0 Å². The van der Waals surface area contributed by atoms with Crippen LogP contribution >= 0.6 is 0 Å². The average molecular weight is 262 g/mol. The van der Waals surface area contributed by atoms with Gasteiger partial charge in [-0.1, -0.05) is 37.3 Å². The number of esters is 1. The molecule has 19 heavy (non-hydrogen) atoms. The summed E-state index contributed by atoms with van der Waals surface area (Å²) in [6.07, 6.45) is 7.79. The summed E-state index contributed by atoms with van der Waals surface area (Å²) in [6, 6.07) is 0. The smallest absolute Gasteiger partial charge is 0.384 e. The van der Waals surface area contributed by atoms with Crippen LogP contribution in [0.1, 0.15) is 38.5 Å². The third-order valence-electron chi connectivity index (χ3n) is 4.08. The third-order valence-corrected chi connectivity index (χ3v) is 4.08. The molecule has 2 aliphatic carbocycles. The molecule has 2 saturated carbocycles. The lowest BCUT2D eigenvalue weighted by molar-refractivity contribution is -0.133. The number of carbonyl (C=O) groups excluding carboxylic acids is 1. The Morgan fingerprint density at radius 1 is 1.42 bits per heavy atom. The molecule has 0 aliphatic heterocycles. The molecule has 3 heteroatoms. The summed E-state index contributed by atoms with van der Waals surface area (Å²) in [7, 11) is 1.33. The van der Waals surface area contributed by atoms with Gasteiger partial charge >= 0.3 is 5.97 Å². The average Bonchev–Trinajstić information content (AvgIpc) is 3.16. The highest BCUT2D eigenvalue weighted by Crippen LogP contribution is 2.45. The molecule has 0 aromatic heterocycles. The first-order chi connectivity index (χ1) is 9.22. The van der Waals surface area contributed by atoms with Gasteiger partial charge in [0.2, 0.25) is 0 Å². The highest BCUT2D eigenvalue weighted by atomic mass is 16.5. The topological polar surface area (TPSA) is 35.5 Å². The van der Waals surface area contributed by atoms with E-state index in [1.165, 1.54) is 44.8 Å². The molecule has 1 unspecified atom stereocenters. The van der Waals surface area contributed by atoms with Crippen molar-refractivity contribution in [3.8, 4) is 11.8 Å². The lowest BCUT2D eigenvalue weighted by Crippen LogP contribution is -2.28. The Kier molecular flexibility index (Phi) is 5.04. The zero-order valence-electron chi connectivity index (χ0n) is 11.6. The van der Waals surface area contributed by atoms with Gasteiger partial charge in [-0.15, -0.1) is 0 Å². The molecule has 2 rings (SSSR count). The van der Waals surface area contributed by atoms with Gasteiger partial charge in [0.15, 0.2) is 0 Å². The lowest BCUT2D eigenvalue weighted by atomic mass is 9.83. The normalized spacial score (nSPS) is 24.3. The number of hydrogen-bond acceptors (Lipinski definition) is 3. The fraction of sp³-hybridized carbons (Fsp3) is 0.688. The molecule has 0 N–H and O–H groups in total. The first-order valence-electron chi connectivity index (χ1n) is 7.08. The molecule has 0 amide bonds. The molecular formula is C16H22O3. The SMILES string of the molecule is C=C1C[C@@H]1C(OCC#CC(=O)OC)C1CCCCC1. The van der Waals surface area contributed by atoms with Crippen molar-refractivity contribution in [2.24, 2.45) is 11.8 Å². The number of methoxy groups -OCH3 is 1. The van der Waals surface area contributed by atoms with Gasteiger partial charge in [0.1, 0.15) is 6.61 Å². The van der Waals surface area contributed by atoms with E-state index in [-0.39, 0.29) is 6.10 Å². The van der Waals surface area contributed by atoms with Crippen molar-refractivity contribution in [1.29, 1.82) is 0 Å². The van der Waals surface area contributed by atoms with E-state index in [0.717, 1.165) is 6.42 Å². The molecule has 3 nitrogen and oxygen atoms in total. The van der Waals surface area contributed by atoms with Crippen LogP contribution in [0.5, 0.6) is 0 Å². The molecule has 0 heterocycles. The third kappa shape index (κ3) is 4.11. The minimum absolute atomic E-state index is 0.250. The quantitative estimate of drug-likeness (QED) is 0.338. The molecular weight excluding hydrogens is 240 g/mol. The summed E-state index contributed by atoms with van der Waals surface area (Å²) in [6.45, 7) is 4.35. The summed E-state index contributed by atoms with van der Waals surface area (Å²) >= 11 is 0. The highest BCUT2D eigenvalue weighted by Gasteiger charge is 2.40. The molecule has 0 radical (unpaired) electrons. The maximum absolute atomic E-state index is 10.9. The Balaban J connectivity index is 1.85. The second-order valence-corrected chi connectivity index (χ2v) is 5.44. The summed E-state index contributed by atoms with van der Waals surface area (Å²) < 4.78 is 10.4. The Morgan fingerprint density at radius 3 is 2.68 bits per heavy atom. The molecule has 0 bridgehead atoms. The van der Waals surface area contributed by atoms with Gasteiger partial charge in [-0.2, -0.15) is 0 Å². The van der Waals surface area contributed by atoms with Crippen LogP contribution in [0.3, 0.4) is 0 Å². The Hall–Kier alpha value is -1.27. The predicted octanol–water partition coefficient (Wildman–Crippen LogP) is 2.70. The molecule has 2 fully saturated rings. The van der Waals surface area contributed by atoms with Gasteiger partial charge in [0, 0.05) is 11.8 Å². The zero-order valence-corrected chi connectivity index (χ0v) is 11.6. The van der Waals surface area contributed by atoms with Crippen LogP contribution < -0.4 is 0 Å². The first-order valence-corrected chi connectivity index (χ1v) is 7.08. The van der Waals surface area contributed by atoms with Crippen molar-refractivity contribution in [2.75, 3.05) is 13.7 Å². The van der Waals surface area contributed by atoms with Crippen LogP contribution in [0.2, 0.25) is 0 Å². The Morgan fingerprint density at radius 2 is 2.11 bits per heavy atom. The molecule has 0 saturated heterocycles. The van der Waals surface area contributed by atoms with Gasteiger partial charge in [0.05, 0.1) is 13.2 Å². The van der Waals surface area contributed by atoms with Crippen LogP contribution in [0.25, 0.3) is 0 Å². The van der Waals surface area contributed by atoms with E-state index >= 15 is 0 Å². The van der Waals surface area contributed by atoms with E-state index in [4.69, 9.17) is 4.74 Å². The number of carbonyl (C=O) groups is 1. The van der Waals surface area contributed by atoms with Crippen molar-refractivity contribution in [3.05, 3.63) is 12.2 Å². The van der Waals surface area contributed by atoms with E-state index < -0.39 is 5.97 Å². The maximum atomic E-state index is 10.9. The standard InChI is InChI=1S/C16H22O3/c1-12-11-14(12)16(13-7-4-3-5-8-13)19-10-6-9-15(17)18-2/h13-14,16H,1,3-5,7-8,10-11H2,2H3/t14-,16?/m0/s1. The van der Waals surface area contributed by atoms with Gasteiger partial charge in [0.25, 0.3) is 0 Å². The van der Waals surface area contributed by atoms with Crippen molar-refractivity contribution in [2.45, 2.75) is 44.6 Å². The largest absolute Gasteiger partial charge is 0.459 e. The van der Waals surface area contributed by atoms with E-state index in [2.05, 4.69) is 23.2 Å². The van der Waals surface area contributed by atoms with Crippen LogP contribution in [0.4, 0.5) is 0 Å². The number of hydrogen-bond donors (Lipinski definition) is 0. The van der Waals surface area contributed by atoms with Crippen molar-refractivity contribution < 1.29 is 14.3 Å². The van der Waals surface area contributed by atoms with E-state index in [1.54, 1.807) is 0 Å². The van der Waals surface area contributed by atoms with Crippen LogP contribution in [-0.4, -0.2) is 25.8 Å². The lowest BCUT2D eigenvalue weighted by Gasteiger charge is -2.29. The second kappa shape index (κ2) is 6.77.